The number of carbonyl (C=O) groups excluding carboxylic acids is 2. The minimum Gasteiger partial charge on any atom is -0.462 e. The van der Waals surface area contributed by atoms with Crippen molar-refractivity contribution >= 4 is 11.9 Å². The summed E-state index contributed by atoms with van der Waals surface area (Å²) in [5, 5.41) is 9.52. The Morgan fingerprint density at radius 3 is 1.58 bits per heavy atom. The highest BCUT2D eigenvalue weighted by atomic mass is 16.6. The zero-order chi connectivity index (χ0) is 32.9. The van der Waals surface area contributed by atoms with Crippen molar-refractivity contribution in [1.82, 2.24) is 0 Å². The molecule has 0 aliphatic carbocycles. The van der Waals surface area contributed by atoms with Crippen LogP contribution >= 0.6 is 0 Å². The van der Waals surface area contributed by atoms with Crippen molar-refractivity contribution in [3.63, 3.8) is 0 Å². The second kappa shape index (κ2) is 36.1. The highest BCUT2D eigenvalue weighted by molar-refractivity contribution is 5.70. The average molecular weight is 629 g/mol. The smallest absolute Gasteiger partial charge is 0.306 e. The quantitative estimate of drug-likeness (QED) is 0.0347. The summed E-state index contributed by atoms with van der Waals surface area (Å²) in [6.07, 6.45) is 45.7. The Bertz CT molecular complexity index is 808. The van der Waals surface area contributed by atoms with Crippen molar-refractivity contribution in [2.45, 2.75) is 168 Å². The molecule has 1 N–H and O–H groups in total. The number of aliphatic hydroxyl groups excluding tert-OH is 1. The fourth-order valence-corrected chi connectivity index (χ4v) is 4.78. The predicted molar refractivity (Wildman–Crippen MR) is 191 cm³/mol. The number of rotatable bonds is 32. The number of ether oxygens (including phenoxy) is 2. The molecule has 0 spiro atoms. The molecule has 0 amide bonds. The first-order chi connectivity index (χ1) is 22.1. The van der Waals surface area contributed by atoms with Gasteiger partial charge < -0.3 is 14.6 Å². The maximum Gasteiger partial charge on any atom is 0.306 e. The third-order valence-electron chi connectivity index (χ3n) is 7.61. The van der Waals surface area contributed by atoms with Gasteiger partial charge in [-0.1, -0.05) is 152 Å². The highest BCUT2D eigenvalue weighted by Gasteiger charge is 2.15. The molecule has 0 aliphatic heterocycles. The van der Waals surface area contributed by atoms with E-state index in [2.05, 4.69) is 68.5 Å². The molecule has 0 fully saturated rings. The van der Waals surface area contributed by atoms with E-state index in [9.17, 15) is 14.7 Å². The molecule has 0 saturated carbocycles. The van der Waals surface area contributed by atoms with Crippen LogP contribution in [0.1, 0.15) is 162 Å². The van der Waals surface area contributed by atoms with Crippen molar-refractivity contribution in [2.24, 2.45) is 0 Å². The zero-order valence-corrected chi connectivity index (χ0v) is 29.1. The van der Waals surface area contributed by atoms with Gasteiger partial charge in [-0.25, -0.2) is 0 Å². The molecule has 0 bridgehead atoms. The number of carbonyl (C=O) groups is 2. The summed E-state index contributed by atoms with van der Waals surface area (Å²) < 4.78 is 10.5. The van der Waals surface area contributed by atoms with Gasteiger partial charge in [0.25, 0.3) is 0 Å². The fourth-order valence-electron chi connectivity index (χ4n) is 4.78. The predicted octanol–water partition coefficient (Wildman–Crippen LogP) is 11.2. The summed E-state index contributed by atoms with van der Waals surface area (Å²) in [6.45, 7) is 4.02. The normalized spacial score (nSPS) is 12.9. The average Bonchev–Trinajstić information content (AvgIpc) is 3.04. The molecule has 0 heterocycles. The first-order valence-corrected chi connectivity index (χ1v) is 18.4. The second-order valence-corrected chi connectivity index (χ2v) is 12.0. The Labute approximate surface area is 277 Å². The third kappa shape index (κ3) is 34.3. The molecule has 45 heavy (non-hydrogen) atoms. The number of esters is 2. The maximum atomic E-state index is 12.1. The molecule has 5 heteroatoms. The lowest BCUT2D eigenvalue weighted by atomic mass is 10.1. The topological polar surface area (TPSA) is 72.8 Å². The van der Waals surface area contributed by atoms with Crippen molar-refractivity contribution in [3.05, 3.63) is 60.8 Å². The van der Waals surface area contributed by atoms with E-state index in [0.29, 0.717) is 12.8 Å². The van der Waals surface area contributed by atoms with Gasteiger partial charge in [-0.05, 0) is 57.8 Å². The summed E-state index contributed by atoms with van der Waals surface area (Å²) in [4.78, 5) is 24.1. The van der Waals surface area contributed by atoms with E-state index in [1.165, 1.54) is 77.0 Å². The Balaban J connectivity index is 3.71. The van der Waals surface area contributed by atoms with Crippen LogP contribution in [0.3, 0.4) is 0 Å². The molecule has 0 aromatic carbocycles. The molecule has 5 nitrogen and oxygen atoms in total. The molecule has 0 radical (unpaired) electrons. The maximum absolute atomic E-state index is 12.1. The summed E-state index contributed by atoms with van der Waals surface area (Å²) >= 11 is 0. The van der Waals surface area contributed by atoms with Gasteiger partial charge in [-0.3, -0.25) is 9.59 Å². The Morgan fingerprint density at radius 1 is 0.533 bits per heavy atom. The van der Waals surface area contributed by atoms with Gasteiger partial charge in [0.05, 0.1) is 6.61 Å². The fraction of sp³-hybridized carbons (Fsp3) is 0.700. The van der Waals surface area contributed by atoms with E-state index >= 15 is 0 Å². The summed E-state index contributed by atoms with van der Waals surface area (Å²) in [5.74, 6) is -0.697. The van der Waals surface area contributed by atoms with E-state index < -0.39 is 6.10 Å². The molecule has 0 saturated heterocycles. The largest absolute Gasteiger partial charge is 0.462 e. The molecular formula is C40H68O5. The van der Waals surface area contributed by atoms with Gasteiger partial charge >= 0.3 is 11.9 Å². The number of allylic oxidation sites excluding steroid dienone is 10. The van der Waals surface area contributed by atoms with Gasteiger partial charge in [0.15, 0.2) is 6.10 Å². The molecule has 0 aliphatic rings. The van der Waals surface area contributed by atoms with Crippen LogP contribution in [-0.2, 0) is 19.1 Å². The second-order valence-electron chi connectivity index (χ2n) is 12.0. The summed E-state index contributed by atoms with van der Waals surface area (Å²) in [6, 6.07) is 0. The van der Waals surface area contributed by atoms with Crippen molar-refractivity contribution in [3.8, 4) is 0 Å². The number of hydrogen-bond acceptors (Lipinski definition) is 5. The Hall–Kier alpha value is -2.40. The van der Waals surface area contributed by atoms with Crippen LogP contribution in [0.4, 0.5) is 0 Å². The lowest BCUT2D eigenvalue weighted by Crippen LogP contribution is -2.28. The molecule has 1 atom stereocenters. The monoisotopic (exact) mass is 629 g/mol. The van der Waals surface area contributed by atoms with Gasteiger partial charge in [0.1, 0.15) is 6.61 Å². The first-order valence-electron chi connectivity index (χ1n) is 18.4. The van der Waals surface area contributed by atoms with Crippen LogP contribution in [0.5, 0.6) is 0 Å². The SMILES string of the molecule is CCCCCCC/C=C/C=C/C=C/CCCCCCCC(=O)OC(CO)COC(=O)CC/C=C/C/C=C/CCCCCCCC. The molecule has 1 unspecified atom stereocenters. The van der Waals surface area contributed by atoms with Crippen LogP contribution in [0, 0.1) is 0 Å². The zero-order valence-electron chi connectivity index (χ0n) is 29.1. The molecule has 0 rings (SSSR count). The van der Waals surface area contributed by atoms with Gasteiger partial charge in [-0.15, -0.1) is 0 Å². The van der Waals surface area contributed by atoms with Gasteiger partial charge in [0, 0.05) is 12.8 Å². The Kier molecular flexibility index (Phi) is 34.1. The van der Waals surface area contributed by atoms with Crippen LogP contribution in [0.2, 0.25) is 0 Å². The van der Waals surface area contributed by atoms with Crippen LogP contribution in [-0.4, -0.2) is 36.4 Å². The minimum atomic E-state index is -0.805. The lowest BCUT2D eigenvalue weighted by molar-refractivity contribution is -0.161. The molecular weight excluding hydrogens is 560 g/mol. The van der Waals surface area contributed by atoms with Gasteiger partial charge in [-0.2, -0.15) is 0 Å². The standard InChI is InChI=1S/C40H68O5/c1-3-5-7-9-11-13-15-17-18-19-20-21-23-25-27-29-31-33-35-40(43)45-38(36-41)37-44-39(42)34-32-30-28-26-24-22-16-14-12-10-8-6-4-2/h15,17-22,24,28,30,38,41H,3-14,16,23,25-27,29,31-37H2,1-2H3/b17-15+,19-18+,21-20+,24-22+,30-28+. The molecule has 0 aromatic heterocycles. The molecule has 0 aromatic rings. The van der Waals surface area contributed by atoms with E-state index in [0.717, 1.165) is 51.4 Å². The molecule has 258 valence electrons. The van der Waals surface area contributed by atoms with Crippen LogP contribution in [0.15, 0.2) is 60.8 Å². The van der Waals surface area contributed by atoms with E-state index in [1.54, 1.807) is 0 Å². The first kappa shape index (κ1) is 42.6. The van der Waals surface area contributed by atoms with E-state index in [1.807, 2.05) is 6.08 Å². The minimum absolute atomic E-state index is 0.107. The number of hydrogen-bond donors (Lipinski definition) is 1. The summed E-state index contributed by atoms with van der Waals surface area (Å²) in [5.41, 5.74) is 0. The van der Waals surface area contributed by atoms with Crippen LogP contribution in [0.25, 0.3) is 0 Å². The van der Waals surface area contributed by atoms with E-state index in [-0.39, 0.29) is 31.6 Å². The van der Waals surface area contributed by atoms with Crippen LogP contribution < -0.4 is 0 Å². The lowest BCUT2D eigenvalue weighted by Gasteiger charge is -2.15. The Morgan fingerprint density at radius 2 is 1.02 bits per heavy atom. The van der Waals surface area contributed by atoms with Gasteiger partial charge in [0.2, 0.25) is 0 Å². The van der Waals surface area contributed by atoms with E-state index in [4.69, 9.17) is 9.47 Å². The van der Waals surface area contributed by atoms with Crippen molar-refractivity contribution in [1.29, 1.82) is 0 Å². The number of aliphatic hydroxyl groups is 1. The number of unbranched alkanes of at least 4 members (excludes halogenated alkanes) is 16. The third-order valence-corrected chi connectivity index (χ3v) is 7.61. The van der Waals surface area contributed by atoms with Crippen molar-refractivity contribution in [2.75, 3.05) is 13.2 Å². The summed E-state index contributed by atoms with van der Waals surface area (Å²) in [7, 11) is 0. The van der Waals surface area contributed by atoms with Crippen molar-refractivity contribution < 1.29 is 24.2 Å². The highest BCUT2D eigenvalue weighted by Crippen LogP contribution is 2.10.